The van der Waals surface area contributed by atoms with Crippen LogP contribution in [0.5, 0.6) is 0 Å². The predicted octanol–water partition coefficient (Wildman–Crippen LogP) is 3.77. The Bertz CT molecular complexity index is 316. The predicted molar refractivity (Wildman–Crippen MR) is 83.4 cm³/mol. The van der Waals surface area contributed by atoms with Gasteiger partial charge in [0.15, 0.2) is 0 Å². The van der Waals surface area contributed by atoms with Crippen LogP contribution < -0.4 is 0 Å². The van der Waals surface area contributed by atoms with Crippen LogP contribution >= 0.6 is 0 Å². The van der Waals surface area contributed by atoms with Crippen molar-refractivity contribution in [2.45, 2.75) is 72.9 Å². The highest BCUT2D eigenvalue weighted by molar-refractivity contribution is 6.09. The Labute approximate surface area is 117 Å². The van der Waals surface area contributed by atoms with E-state index in [4.69, 9.17) is 4.99 Å². The van der Waals surface area contributed by atoms with E-state index in [2.05, 4.69) is 76.6 Å². The molecule has 0 fully saturated rings. The Kier molecular flexibility index (Phi) is 6.34. The van der Waals surface area contributed by atoms with Gasteiger partial charge in [-0.05, 0) is 61.0 Å². The fraction of sp³-hybridized carbons (Fsp3) is 0.800. The van der Waals surface area contributed by atoms with Gasteiger partial charge in [-0.25, -0.2) is 0 Å². The van der Waals surface area contributed by atoms with Crippen LogP contribution in [0.2, 0.25) is 0 Å². The van der Waals surface area contributed by atoms with E-state index in [1.54, 1.807) is 0 Å². The Morgan fingerprint density at radius 3 is 1.94 bits per heavy atom. The van der Waals surface area contributed by atoms with E-state index in [-0.39, 0.29) is 11.1 Å². The smallest absolute Gasteiger partial charge is 0.0527 e. The van der Waals surface area contributed by atoms with Crippen LogP contribution in [0, 0.1) is 0 Å². The summed E-state index contributed by atoms with van der Waals surface area (Å²) < 4.78 is 0. The van der Waals surface area contributed by atoms with Crippen LogP contribution in [0.25, 0.3) is 0 Å². The van der Waals surface area contributed by atoms with Gasteiger partial charge in [0.1, 0.15) is 0 Å². The van der Waals surface area contributed by atoms with Gasteiger partial charge in [0, 0.05) is 23.1 Å². The number of hydrogen-bond acceptors (Lipinski definition) is 2. The van der Waals surface area contributed by atoms with Gasteiger partial charge in [-0.15, -0.1) is 0 Å². The maximum Gasteiger partial charge on any atom is 0.0527 e. The van der Waals surface area contributed by atoms with Gasteiger partial charge in [0.2, 0.25) is 0 Å². The lowest BCUT2D eigenvalue weighted by Gasteiger charge is -2.38. The molecule has 0 aliphatic rings. The van der Waals surface area contributed by atoms with Crippen LogP contribution in [0.3, 0.4) is 0 Å². The van der Waals surface area contributed by atoms with Crippen LogP contribution in [0.1, 0.15) is 61.8 Å². The molecule has 0 atom stereocenters. The van der Waals surface area contributed by atoms with Gasteiger partial charge in [-0.3, -0.25) is 4.99 Å². The lowest BCUT2D eigenvalue weighted by molar-refractivity contribution is 0.210. The van der Waals surface area contributed by atoms with Crippen molar-refractivity contribution in [3.63, 3.8) is 0 Å². The molecule has 2 nitrogen and oxygen atoms in total. The van der Waals surface area contributed by atoms with Crippen molar-refractivity contribution in [3.8, 4) is 0 Å². The average molecular weight is 265 g/mol. The highest BCUT2D eigenvalue weighted by Crippen LogP contribution is 2.21. The van der Waals surface area contributed by atoms with Gasteiger partial charge in [0.05, 0.1) is 15.8 Å². The first-order chi connectivity index (χ1) is 8.01. The normalized spacial score (nSPS) is 14.9. The summed E-state index contributed by atoms with van der Waals surface area (Å²) in [6.45, 7) is 17.3. The molecule has 0 aliphatic heterocycles. The van der Waals surface area contributed by atoms with Crippen molar-refractivity contribution in [1.29, 1.82) is 0 Å². The molecular weight excluding hydrogens is 236 g/mol. The molecule has 0 heterocycles. The zero-order valence-corrected chi connectivity index (χ0v) is 14.4. The minimum absolute atomic E-state index is 0.0139. The molecule has 3 heteroatoms. The second-order valence-corrected chi connectivity index (χ2v) is 6.99. The summed E-state index contributed by atoms with van der Waals surface area (Å²) in [6, 6.07) is 0. The molecule has 0 bridgehead atoms. The lowest BCUT2D eigenvalue weighted by Crippen LogP contribution is -2.41. The molecule has 18 heavy (non-hydrogen) atoms. The van der Waals surface area contributed by atoms with Gasteiger partial charge >= 0.3 is 0 Å². The minimum Gasteiger partial charge on any atom is -0.374 e. The van der Waals surface area contributed by atoms with Crippen molar-refractivity contribution in [1.82, 2.24) is 4.90 Å². The topological polar surface area (TPSA) is 15.6 Å². The molecule has 0 spiro atoms. The van der Waals surface area contributed by atoms with Crippen molar-refractivity contribution in [2.24, 2.45) is 4.99 Å². The Hall–Kier alpha value is -0.573. The molecule has 0 N–H and O–H groups in total. The van der Waals surface area contributed by atoms with Crippen molar-refractivity contribution in [2.75, 3.05) is 6.17 Å². The maximum atomic E-state index is 4.69. The number of hydrogen-bond donors (Lipinski definition) is 0. The minimum atomic E-state index is -0.0139. The Balaban J connectivity index is 5.25. The summed E-state index contributed by atoms with van der Waals surface area (Å²) in [7, 11) is 3.64. The third-order valence-electron chi connectivity index (χ3n) is 2.56. The maximum absolute atomic E-state index is 4.69. The molecule has 3 radical (unpaired) electrons. The summed E-state index contributed by atoms with van der Waals surface area (Å²) in [5.41, 5.74) is 2.52. The molecule has 0 saturated carbocycles. The van der Waals surface area contributed by atoms with E-state index in [0.29, 0.717) is 0 Å². The summed E-state index contributed by atoms with van der Waals surface area (Å²) in [4.78, 5) is 7.06. The van der Waals surface area contributed by atoms with Crippen LogP contribution in [-0.4, -0.2) is 38.1 Å². The highest BCUT2D eigenvalue weighted by atomic mass is 28.1. The first kappa shape index (κ1) is 17.4. The van der Waals surface area contributed by atoms with E-state index in [0.717, 1.165) is 18.3 Å². The van der Waals surface area contributed by atoms with E-state index >= 15 is 0 Å². The van der Waals surface area contributed by atoms with Crippen LogP contribution in [0.15, 0.2) is 16.8 Å². The van der Waals surface area contributed by atoms with Crippen molar-refractivity contribution < 1.29 is 0 Å². The second-order valence-electron chi connectivity index (χ2n) is 6.67. The van der Waals surface area contributed by atoms with E-state index in [1.807, 2.05) is 0 Å². The molecule has 0 aliphatic carbocycles. The second kappa shape index (κ2) is 6.55. The molecule has 0 rings (SSSR count). The SMILES string of the molecule is CC/C(=C/C(C)=NC(C)(C)C)N(C[Si])C(C)(C)C. The van der Waals surface area contributed by atoms with Crippen molar-refractivity contribution in [3.05, 3.63) is 11.8 Å². The Morgan fingerprint density at radius 1 is 1.17 bits per heavy atom. The number of allylic oxidation sites excluding steroid dienone is 2. The van der Waals surface area contributed by atoms with Gasteiger partial charge in [-0.2, -0.15) is 0 Å². The van der Waals surface area contributed by atoms with Crippen LogP contribution in [0.4, 0.5) is 0 Å². The molecule has 0 aromatic heterocycles. The standard InChI is InChI=1S/C15H29N2Si/c1-9-13(17(11-18)15(6,7)8)10-12(2)16-14(3,4)5/h10H,9,11H2,1-8H3/b13-10-,16-12?. The van der Waals surface area contributed by atoms with Gasteiger partial charge < -0.3 is 4.90 Å². The summed E-state index contributed by atoms with van der Waals surface area (Å²) >= 11 is 0. The number of rotatable bonds is 4. The zero-order valence-electron chi connectivity index (χ0n) is 13.4. The van der Waals surface area contributed by atoms with E-state index in [1.165, 1.54) is 5.70 Å². The first-order valence-corrected chi connectivity index (χ1v) is 7.41. The fourth-order valence-electron chi connectivity index (χ4n) is 1.94. The number of aliphatic imine (C=N–C) groups is 1. The molecule has 0 saturated heterocycles. The first-order valence-electron chi connectivity index (χ1n) is 6.70. The quantitative estimate of drug-likeness (QED) is 0.558. The fourth-order valence-corrected chi connectivity index (χ4v) is 2.62. The van der Waals surface area contributed by atoms with E-state index < -0.39 is 0 Å². The third-order valence-corrected chi connectivity index (χ3v) is 2.88. The Morgan fingerprint density at radius 2 is 1.67 bits per heavy atom. The summed E-state index contributed by atoms with van der Waals surface area (Å²) in [6.07, 6.45) is 4.06. The molecule has 0 aromatic carbocycles. The largest absolute Gasteiger partial charge is 0.374 e. The third kappa shape index (κ3) is 6.38. The zero-order chi connectivity index (χ0) is 14.6. The average Bonchev–Trinajstić information content (AvgIpc) is 2.11. The monoisotopic (exact) mass is 265 g/mol. The van der Waals surface area contributed by atoms with Crippen molar-refractivity contribution >= 4 is 16.0 Å². The molecule has 0 amide bonds. The van der Waals surface area contributed by atoms with Gasteiger partial charge in [0.25, 0.3) is 0 Å². The molecule has 103 valence electrons. The highest BCUT2D eigenvalue weighted by Gasteiger charge is 2.21. The summed E-state index contributed by atoms with van der Waals surface area (Å²) in [5.74, 6) is 0. The summed E-state index contributed by atoms with van der Waals surface area (Å²) in [5, 5.41) is 0. The van der Waals surface area contributed by atoms with Crippen LogP contribution in [-0.2, 0) is 0 Å². The van der Waals surface area contributed by atoms with Gasteiger partial charge in [-0.1, -0.05) is 6.92 Å². The molecule has 0 unspecified atom stereocenters. The molecule has 0 aromatic rings. The lowest BCUT2D eigenvalue weighted by atomic mass is 10.0. The molecular formula is C15H29N2Si. The van der Waals surface area contributed by atoms with E-state index in [9.17, 15) is 0 Å². The number of nitrogens with zero attached hydrogens (tertiary/aromatic N) is 2.